The lowest BCUT2D eigenvalue weighted by Gasteiger charge is -2.37. The molecule has 0 aliphatic carbocycles. The fraction of sp³-hybridized carbons (Fsp3) is 0.600. The second kappa shape index (κ2) is 7.47. The lowest BCUT2D eigenvalue weighted by molar-refractivity contribution is 0.115. The Balaban J connectivity index is 1.93. The topological polar surface area (TPSA) is 62.0 Å². The zero-order chi connectivity index (χ0) is 14.4. The monoisotopic (exact) mass is 279 g/mol. The molecule has 5 nitrogen and oxygen atoms in total. The van der Waals surface area contributed by atoms with Gasteiger partial charge >= 0.3 is 0 Å². The average Bonchev–Trinajstić information content (AvgIpc) is 2.49. The Morgan fingerprint density at radius 2 is 1.95 bits per heavy atom. The number of piperazine rings is 1. The molecular formula is C15H25N3O2. The molecule has 20 heavy (non-hydrogen) atoms. The third-order valence-electron chi connectivity index (χ3n) is 3.62. The Bertz CT molecular complexity index is 406. The molecule has 0 spiro atoms. The van der Waals surface area contributed by atoms with E-state index >= 15 is 0 Å². The third kappa shape index (κ3) is 3.85. The Hall–Kier alpha value is -1.30. The molecule has 1 saturated heterocycles. The average molecular weight is 279 g/mol. The van der Waals surface area contributed by atoms with Gasteiger partial charge in [0.15, 0.2) is 0 Å². The molecule has 3 N–H and O–H groups in total. The Kier molecular flexibility index (Phi) is 5.64. The molecule has 2 rings (SSSR count). The van der Waals surface area contributed by atoms with Crippen LogP contribution in [0.4, 0.5) is 5.69 Å². The van der Waals surface area contributed by atoms with Crippen LogP contribution in [-0.4, -0.2) is 62.0 Å². The molecular weight excluding hydrogens is 254 g/mol. The third-order valence-corrected chi connectivity index (χ3v) is 3.62. The van der Waals surface area contributed by atoms with Gasteiger partial charge in [-0.2, -0.15) is 0 Å². The summed E-state index contributed by atoms with van der Waals surface area (Å²) in [5, 5.41) is 9.61. The van der Waals surface area contributed by atoms with Crippen molar-refractivity contribution in [3.63, 3.8) is 0 Å². The van der Waals surface area contributed by atoms with Crippen LogP contribution < -0.4 is 15.4 Å². The summed E-state index contributed by atoms with van der Waals surface area (Å²) in [4.78, 5) is 4.60. The lowest BCUT2D eigenvalue weighted by Crippen LogP contribution is -2.49. The van der Waals surface area contributed by atoms with Crippen LogP contribution in [0, 0.1) is 0 Å². The molecule has 1 fully saturated rings. The molecule has 0 radical (unpaired) electrons. The summed E-state index contributed by atoms with van der Waals surface area (Å²) in [6.07, 6.45) is -0.419. The predicted octanol–water partition coefficient (Wildman–Crippen LogP) is 0.527. The van der Waals surface area contributed by atoms with Gasteiger partial charge in [-0.1, -0.05) is 12.1 Å². The van der Waals surface area contributed by atoms with Crippen molar-refractivity contribution in [3.8, 4) is 5.75 Å². The number of β-amino-alcohol motifs (C(OH)–C–C–N with tert-alkyl or cyclic N) is 1. The Labute approximate surface area is 120 Å². The summed E-state index contributed by atoms with van der Waals surface area (Å²) in [6, 6.07) is 8.17. The first-order chi connectivity index (χ1) is 9.74. The number of nitrogens with zero attached hydrogens (tertiary/aromatic N) is 2. The highest BCUT2D eigenvalue weighted by atomic mass is 16.5. The maximum atomic E-state index is 9.61. The first kappa shape index (κ1) is 15.1. The van der Waals surface area contributed by atoms with Gasteiger partial charge in [-0.25, -0.2) is 0 Å². The summed E-state index contributed by atoms with van der Waals surface area (Å²) in [5.74, 6) is 0.949. The molecule has 1 aliphatic rings. The minimum Gasteiger partial charge on any atom is -0.492 e. The van der Waals surface area contributed by atoms with Crippen LogP contribution in [0.25, 0.3) is 0 Å². The number of aliphatic hydroxyl groups is 1. The van der Waals surface area contributed by atoms with Gasteiger partial charge in [0.05, 0.1) is 18.4 Å². The van der Waals surface area contributed by atoms with Gasteiger partial charge in [0.2, 0.25) is 0 Å². The van der Waals surface area contributed by atoms with Crippen LogP contribution in [0.3, 0.4) is 0 Å². The highest BCUT2D eigenvalue weighted by Gasteiger charge is 2.20. The van der Waals surface area contributed by atoms with Crippen molar-refractivity contribution >= 4 is 5.69 Å². The van der Waals surface area contributed by atoms with E-state index in [-0.39, 0.29) is 0 Å². The smallest absolute Gasteiger partial charge is 0.142 e. The van der Waals surface area contributed by atoms with E-state index in [1.54, 1.807) is 0 Å². The van der Waals surface area contributed by atoms with Crippen molar-refractivity contribution in [2.45, 2.75) is 13.0 Å². The number of nitrogens with two attached hydrogens (primary N) is 1. The van der Waals surface area contributed by atoms with Gasteiger partial charge in [0.1, 0.15) is 5.75 Å². The van der Waals surface area contributed by atoms with E-state index in [0.29, 0.717) is 19.7 Å². The van der Waals surface area contributed by atoms with E-state index < -0.39 is 6.10 Å². The quantitative estimate of drug-likeness (QED) is 0.795. The summed E-state index contributed by atoms with van der Waals surface area (Å²) in [7, 11) is 0. The van der Waals surface area contributed by atoms with Gasteiger partial charge in [-0.3, -0.25) is 4.90 Å². The van der Waals surface area contributed by atoms with Crippen LogP contribution in [0.15, 0.2) is 24.3 Å². The summed E-state index contributed by atoms with van der Waals surface area (Å²) >= 11 is 0. The number of anilines is 1. The van der Waals surface area contributed by atoms with Gasteiger partial charge in [0.25, 0.3) is 0 Å². The largest absolute Gasteiger partial charge is 0.492 e. The normalized spacial score (nSPS) is 18.1. The second-order valence-electron chi connectivity index (χ2n) is 5.08. The van der Waals surface area contributed by atoms with E-state index in [0.717, 1.165) is 37.6 Å². The molecule has 112 valence electrons. The number of hydrogen-bond acceptors (Lipinski definition) is 5. The summed E-state index contributed by atoms with van der Waals surface area (Å²) < 4.78 is 5.69. The molecule has 1 aromatic carbocycles. The summed E-state index contributed by atoms with van der Waals surface area (Å²) in [6.45, 7) is 7.45. The van der Waals surface area contributed by atoms with Gasteiger partial charge in [-0.15, -0.1) is 0 Å². The molecule has 1 aliphatic heterocycles. The number of benzene rings is 1. The maximum Gasteiger partial charge on any atom is 0.142 e. The molecule has 5 heteroatoms. The number of rotatable bonds is 6. The van der Waals surface area contributed by atoms with Crippen molar-refractivity contribution in [3.05, 3.63) is 24.3 Å². The van der Waals surface area contributed by atoms with Gasteiger partial charge in [-0.05, 0) is 19.1 Å². The highest BCUT2D eigenvalue weighted by Crippen LogP contribution is 2.28. The van der Waals surface area contributed by atoms with Crippen LogP contribution in [0.1, 0.15) is 6.92 Å². The van der Waals surface area contributed by atoms with Crippen LogP contribution in [0.2, 0.25) is 0 Å². The number of para-hydroxylation sites is 2. The van der Waals surface area contributed by atoms with Gasteiger partial charge in [0, 0.05) is 39.3 Å². The molecule has 1 aromatic rings. The molecule has 1 heterocycles. The van der Waals surface area contributed by atoms with Crippen LogP contribution in [-0.2, 0) is 0 Å². The molecule has 0 amide bonds. The fourth-order valence-electron chi connectivity index (χ4n) is 2.54. The zero-order valence-electron chi connectivity index (χ0n) is 12.2. The van der Waals surface area contributed by atoms with E-state index in [4.69, 9.17) is 10.5 Å². The minimum absolute atomic E-state index is 0.327. The van der Waals surface area contributed by atoms with Crippen molar-refractivity contribution < 1.29 is 9.84 Å². The fourth-order valence-corrected chi connectivity index (χ4v) is 2.54. The lowest BCUT2D eigenvalue weighted by atomic mass is 10.2. The van der Waals surface area contributed by atoms with Crippen molar-refractivity contribution in [1.29, 1.82) is 0 Å². The van der Waals surface area contributed by atoms with Crippen molar-refractivity contribution in [2.75, 3.05) is 50.8 Å². The molecule has 1 atom stereocenters. The van der Waals surface area contributed by atoms with E-state index in [2.05, 4.69) is 15.9 Å². The first-order valence-corrected chi connectivity index (χ1v) is 7.31. The molecule has 0 unspecified atom stereocenters. The van der Waals surface area contributed by atoms with E-state index in [1.165, 1.54) is 0 Å². The van der Waals surface area contributed by atoms with Crippen molar-refractivity contribution in [2.24, 2.45) is 5.73 Å². The molecule has 0 bridgehead atoms. The first-order valence-electron chi connectivity index (χ1n) is 7.31. The number of aliphatic hydroxyl groups excluding tert-OH is 1. The Morgan fingerprint density at radius 1 is 1.25 bits per heavy atom. The van der Waals surface area contributed by atoms with Crippen molar-refractivity contribution in [1.82, 2.24) is 4.90 Å². The number of ether oxygens (including phenoxy) is 1. The van der Waals surface area contributed by atoms with E-state index in [9.17, 15) is 5.11 Å². The van der Waals surface area contributed by atoms with Crippen LogP contribution in [0.5, 0.6) is 5.75 Å². The minimum atomic E-state index is -0.419. The second-order valence-corrected chi connectivity index (χ2v) is 5.08. The van der Waals surface area contributed by atoms with E-state index in [1.807, 2.05) is 25.1 Å². The highest BCUT2D eigenvalue weighted by molar-refractivity contribution is 5.58. The molecule has 0 saturated carbocycles. The SMILES string of the molecule is CCOc1ccccc1N1CCN(C[C@@H](O)CN)CC1. The zero-order valence-corrected chi connectivity index (χ0v) is 12.2. The maximum absolute atomic E-state index is 9.61. The van der Waals surface area contributed by atoms with Crippen LogP contribution >= 0.6 is 0 Å². The predicted molar refractivity (Wildman–Crippen MR) is 81.3 cm³/mol. The Morgan fingerprint density at radius 3 is 2.60 bits per heavy atom. The van der Waals surface area contributed by atoms with Gasteiger partial charge < -0.3 is 20.5 Å². The number of hydrogen-bond donors (Lipinski definition) is 2. The summed E-state index contributed by atoms with van der Waals surface area (Å²) in [5.41, 5.74) is 6.62. The molecule has 0 aromatic heterocycles. The standard InChI is InChI=1S/C15H25N3O2/c1-2-20-15-6-4-3-5-14(15)18-9-7-17(8-10-18)12-13(19)11-16/h3-6,13,19H,2,7-12,16H2,1H3/t13-/m0/s1.